The van der Waals surface area contributed by atoms with E-state index in [1.807, 2.05) is 12.1 Å². The van der Waals surface area contributed by atoms with E-state index >= 15 is 0 Å². The molecule has 9 heteroatoms. The summed E-state index contributed by atoms with van der Waals surface area (Å²) >= 11 is 6.24. The molecule has 3 aromatic rings. The number of ether oxygens (including phenoxy) is 2. The fraction of sp³-hybridized carbons (Fsp3) is 0.286. The smallest absolute Gasteiger partial charge is 0.242 e. The van der Waals surface area contributed by atoms with Gasteiger partial charge in [-0.2, -0.15) is 0 Å². The van der Waals surface area contributed by atoms with Gasteiger partial charge in [-0.05, 0) is 18.2 Å². The summed E-state index contributed by atoms with van der Waals surface area (Å²) in [5.41, 5.74) is 1.42. The number of nitrogens with zero attached hydrogens (tertiary/aromatic N) is 5. The predicted molar refractivity (Wildman–Crippen MR) is 81.1 cm³/mol. The Morgan fingerprint density at radius 2 is 2.00 bits per heavy atom. The average molecular weight is 336 g/mol. The maximum Gasteiger partial charge on any atom is 0.242 e. The monoisotopic (exact) mass is 335 g/mol. The highest BCUT2D eigenvalue weighted by molar-refractivity contribution is 6.33. The molecular weight excluding hydrogens is 322 g/mol. The van der Waals surface area contributed by atoms with Gasteiger partial charge in [-0.3, -0.25) is 0 Å². The highest BCUT2D eigenvalue weighted by Gasteiger charge is 2.12. The Kier molecular flexibility index (Phi) is 4.54. The Morgan fingerprint density at radius 1 is 1.17 bits per heavy atom. The van der Waals surface area contributed by atoms with E-state index in [-0.39, 0.29) is 6.61 Å². The first-order chi connectivity index (χ1) is 11.2. The average Bonchev–Trinajstić information content (AvgIpc) is 3.18. The van der Waals surface area contributed by atoms with Gasteiger partial charge in [-0.15, -0.1) is 15.3 Å². The largest absolute Gasteiger partial charge is 0.497 e. The van der Waals surface area contributed by atoms with Crippen molar-refractivity contribution in [1.29, 1.82) is 0 Å². The molecule has 3 rings (SSSR count). The molecule has 0 saturated heterocycles. The maximum absolute atomic E-state index is 6.24. The number of benzene rings is 1. The standard InChI is InChI=1S/C14H14ClN5O3/c1-21-8-14-18-17-13(23-14)7-20-6-12(16-19-20)10-4-3-9(22-2)5-11(10)15/h3-6H,7-8H2,1-2H3. The molecule has 0 amide bonds. The van der Waals surface area contributed by atoms with E-state index in [0.29, 0.717) is 34.8 Å². The molecule has 2 heterocycles. The van der Waals surface area contributed by atoms with Crippen LogP contribution in [0, 0.1) is 0 Å². The van der Waals surface area contributed by atoms with Crippen molar-refractivity contribution < 1.29 is 13.9 Å². The Balaban J connectivity index is 1.77. The lowest BCUT2D eigenvalue weighted by atomic mass is 10.1. The van der Waals surface area contributed by atoms with E-state index in [4.69, 9.17) is 25.5 Å². The predicted octanol–water partition coefficient (Wildman–Crippen LogP) is 2.18. The van der Waals surface area contributed by atoms with E-state index in [9.17, 15) is 0 Å². The van der Waals surface area contributed by atoms with Gasteiger partial charge in [0.05, 0.1) is 18.3 Å². The van der Waals surface area contributed by atoms with Gasteiger partial charge in [0, 0.05) is 12.7 Å². The third-order valence-corrected chi connectivity index (χ3v) is 3.38. The first-order valence-electron chi connectivity index (χ1n) is 6.74. The molecule has 2 aromatic heterocycles. The molecule has 0 saturated carbocycles. The number of halogens is 1. The van der Waals surface area contributed by atoms with Crippen molar-refractivity contribution in [3.63, 3.8) is 0 Å². The lowest BCUT2D eigenvalue weighted by Crippen LogP contribution is -2.00. The molecule has 0 N–H and O–H groups in total. The number of methoxy groups -OCH3 is 2. The van der Waals surface area contributed by atoms with Crippen molar-refractivity contribution in [3.8, 4) is 17.0 Å². The SMILES string of the molecule is COCc1nnc(Cn2cc(-c3ccc(OC)cc3Cl)nn2)o1. The summed E-state index contributed by atoms with van der Waals surface area (Å²) in [6, 6.07) is 5.37. The molecule has 0 aliphatic heterocycles. The zero-order valence-corrected chi connectivity index (χ0v) is 13.3. The zero-order valence-electron chi connectivity index (χ0n) is 12.6. The minimum absolute atomic E-state index is 0.275. The van der Waals surface area contributed by atoms with Crippen molar-refractivity contribution in [2.75, 3.05) is 14.2 Å². The summed E-state index contributed by atoms with van der Waals surface area (Å²) in [6.45, 7) is 0.592. The van der Waals surface area contributed by atoms with Crippen molar-refractivity contribution in [3.05, 3.63) is 41.2 Å². The van der Waals surface area contributed by atoms with Crippen molar-refractivity contribution >= 4 is 11.6 Å². The number of hydrogen-bond acceptors (Lipinski definition) is 7. The number of aromatic nitrogens is 5. The summed E-state index contributed by atoms with van der Waals surface area (Å²) in [5, 5.41) is 16.5. The Hall–Kier alpha value is -2.45. The summed E-state index contributed by atoms with van der Waals surface area (Å²) in [6.07, 6.45) is 1.76. The minimum Gasteiger partial charge on any atom is -0.497 e. The molecule has 23 heavy (non-hydrogen) atoms. The molecule has 0 atom stereocenters. The molecule has 0 aliphatic carbocycles. The second kappa shape index (κ2) is 6.76. The minimum atomic E-state index is 0.275. The second-order valence-corrected chi connectivity index (χ2v) is 5.08. The highest BCUT2D eigenvalue weighted by Crippen LogP contribution is 2.29. The Bertz CT molecular complexity index is 801. The van der Waals surface area contributed by atoms with Crippen LogP contribution in [0.15, 0.2) is 28.8 Å². The van der Waals surface area contributed by atoms with Crippen LogP contribution in [0.5, 0.6) is 5.75 Å². The van der Waals surface area contributed by atoms with Crippen LogP contribution in [0.3, 0.4) is 0 Å². The highest BCUT2D eigenvalue weighted by atomic mass is 35.5. The van der Waals surface area contributed by atoms with E-state index < -0.39 is 0 Å². The fourth-order valence-corrected chi connectivity index (χ4v) is 2.27. The van der Waals surface area contributed by atoms with Crippen LogP contribution >= 0.6 is 11.6 Å². The molecule has 1 aromatic carbocycles. The fourth-order valence-electron chi connectivity index (χ4n) is 2.00. The van der Waals surface area contributed by atoms with E-state index in [1.54, 1.807) is 31.2 Å². The molecule has 0 spiro atoms. The van der Waals surface area contributed by atoms with Gasteiger partial charge in [-0.25, -0.2) is 4.68 Å². The van der Waals surface area contributed by atoms with Crippen LogP contribution in [0.2, 0.25) is 5.02 Å². The molecule has 0 aliphatic rings. The molecule has 8 nitrogen and oxygen atoms in total. The molecular formula is C14H14ClN5O3. The van der Waals surface area contributed by atoms with Crippen LogP contribution in [0.4, 0.5) is 0 Å². The number of hydrogen-bond donors (Lipinski definition) is 0. The number of rotatable bonds is 6. The lowest BCUT2D eigenvalue weighted by molar-refractivity contribution is 0.157. The van der Waals surface area contributed by atoms with Crippen LogP contribution < -0.4 is 4.74 Å². The summed E-state index contributed by atoms with van der Waals surface area (Å²) in [5.74, 6) is 1.53. The van der Waals surface area contributed by atoms with Gasteiger partial charge in [0.1, 0.15) is 24.6 Å². The van der Waals surface area contributed by atoms with Crippen molar-refractivity contribution in [1.82, 2.24) is 25.2 Å². The van der Waals surface area contributed by atoms with Crippen molar-refractivity contribution in [2.24, 2.45) is 0 Å². The third-order valence-electron chi connectivity index (χ3n) is 3.06. The van der Waals surface area contributed by atoms with Crippen LogP contribution in [-0.4, -0.2) is 39.4 Å². The topological polar surface area (TPSA) is 88.1 Å². The van der Waals surface area contributed by atoms with E-state index in [2.05, 4.69) is 20.5 Å². The summed E-state index contributed by atoms with van der Waals surface area (Å²) < 4.78 is 17.1. The molecule has 0 bridgehead atoms. The quantitative estimate of drug-likeness (QED) is 0.682. The van der Waals surface area contributed by atoms with Gasteiger partial charge >= 0.3 is 0 Å². The van der Waals surface area contributed by atoms with Crippen LogP contribution in [0.1, 0.15) is 11.8 Å². The normalized spacial score (nSPS) is 10.9. The molecule has 0 fully saturated rings. The zero-order chi connectivity index (χ0) is 16.2. The van der Waals surface area contributed by atoms with Crippen LogP contribution in [-0.2, 0) is 17.9 Å². The molecule has 120 valence electrons. The second-order valence-electron chi connectivity index (χ2n) is 4.67. The van der Waals surface area contributed by atoms with Gasteiger partial charge in [0.2, 0.25) is 11.8 Å². The Morgan fingerprint density at radius 3 is 2.74 bits per heavy atom. The van der Waals surface area contributed by atoms with Gasteiger partial charge in [-0.1, -0.05) is 16.8 Å². The van der Waals surface area contributed by atoms with E-state index in [1.165, 1.54) is 0 Å². The summed E-state index contributed by atoms with van der Waals surface area (Å²) in [4.78, 5) is 0. The Labute approximate surface area is 137 Å². The summed E-state index contributed by atoms with van der Waals surface area (Å²) in [7, 11) is 3.15. The van der Waals surface area contributed by atoms with Gasteiger partial charge in [0.15, 0.2) is 0 Å². The van der Waals surface area contributed by atoms with Crippen molar-refractivity contribution in [2.45, 2.75) is 13.2 Å². The first kappa shape index (κ1) is 15.4. The van der Waals surface area contributed by atoms with Crippen LogP contribution in [0.25, 0.3) is 11.3 Å². The third kappa shape index (κ3) is 3.49. The molecule has 0 unspecified atom stereocenters. The van der Waals surface area contributed by atoms with Gasteiger partial charge < -0.3 is 13.9 Å². The molecule has 0 radical (unpaired) electrons. The van der Waals surface area contributed by atoms with E-state index in [0.717, 1.165) is 5.56 Å². The first-order valence-corrected chi connectivity index (χ1v) is 7.11. The van der Waals surface area contributed by atoms with Gasteiger partial charge in [0.25, 0.3) is 0 Å². The lowest BCUT2D eigenvalue weighted by Gasteiger charge is -2.03. The maximum atomic E-state index is 6.24.